The number of nitrogens with zero attached hydrogens (tertiary/aromatic N) is 3. The first kappa shape index (κ1) is 20.6. The van der Waals surface area contributed by atoms with E-state index in [2.05, 4.69) is 34.2 Å². The highest BCUT2D eigenvalue weighted by atomic mass is 127. The Kier molecular flexibility index (Phi) is 7.11. The molecule has 0 amide bonds. The van der Waals surface area contributed by atoms with Gasteiger partial charge in [0.05, 0.1) is 12.2 Å². The van der Waals surface area contributed by atoms with Crippen molar-refractivity contribution in [2.75, 3.05) is 40.8 Å². The fraction of sp³-hybridized carbons (Fsp3) is 0.950. The summed E-state index contributed by atoms with van der Waals surface area (Å²) < 4.78 is 6.12. The number of hydrogen-bond acceptors (Lipinski definition) is 3. The molecule has 3 saturated heterocycles. The Morgan fingerprint density at radius 3 is 2.23 bits per heavy atom. The van der Waals surface area contributed by atoms with Crippen LogP contribution in [0.2, 0.25) is 0 Å². The van der Waals surface area contributed by atoms with Gasteiger partial charge in [0.25, 0.3) is 0 Å². The lowest BCUT2D eigenvalue weighted by Crippen LogP contribution is -2.49. The number of nitrogens with one attached hydrogen (secondary N) is 1. The largest absolute Gasteiger partial charge is 0.374 e. The third kappa shape index (κ3) is 4.02. The van der Waals surface area contributed by atoms with Gasteiger partial charge < -0.3 is 19.9 Å². The highest BCUT2D eigenvalue weighted by Crippen LogP contribution is 2.47. The van der Waals surface area contributed by atoms with Gasteiger partial charge in [0.15, 0.2) is 5.96 Å². The minimum Gasteiger partial charge on any atom is -0.374 e. The Morgan fingerprint density at radius 1 is 1.08 bits per heavy atom. The Balaban J connectivity index is 0.00000196. The molecule has 2 bridgehead atoms. The van der Waals surface area contributed by atoms with Crippen LogP contribution in [0.1, 0.15) is 44.9 Å². The predicted molar refractivity (Wildman–Crippen MR) is 117 cm³/mol. The number of guanidine groups is 1. The van der Waals surface area contributed by atoms with Gasteiger partial charge in [-0.05, 0) is 45.7 Å². The zero-order chi connectivity index (χ0) is 17.4. The molecule has 1 saturated carbocycles. The smallest absolute Gasteiger partial charge is 0.193 e. The average molecular weight is 476 g/mol. The van der Waals surface area contributed by atoms with Gasteiger partial charge in [-0.2, -0.15) is 0 Å². The van der Waals surface area contributed by atoms with Crippen molar-refractivity contribution < 1.29 is 4.74 Å². The zero-order valence-electron chi connectivity index (χ0n) is 16.7. The van der Waals surface area contributed by atoms with Gasteiger partial charge in [-0.1, -0.05) is 19.3 Å². The highest BCUT2D eigenvalue weighted by Gasteiger charge is 2.53. The van der Waals surface area contributed by atoms with E-state index in [-0.39, 0.29) is 24.0 Å². The van der Waals surface area contributed by atoms with Crippen LogP contribution in [0.5, 0.6) is 0 Å². The zero-order valence-corrected chi connectivity index (χ0v) is 19.0. The molecule has 3 heterocycles. The summed E-state index contributed by atoms with van der Waals surface area (Å²) in [4.78, 5) is 9.53. The lowest BCUT2D eigenvalue weighted by molar-refractivity contribution is 0.0766. The monoisotopic (exact) mass is 476 g/mol. The molecule has 5 atom stereocenters. The van der Waals surface area contributed by atoms with Crippen LogP contribution in [-0.2, 0) is 4.74 Å². The number of rotatable bonds is 4. The van der Waals surface area contributed by atoms with Gasteiger partial charge in [0.2, 0.25) is 0 Å². The molecule has 0 radical (unpaired) electrons. The van der Waals surface area contributed by atoms with Crippen LogP contribution >= 0.6 is 24.0 Å². The van der Waals surface area contributed by atoms with Crippen molar-refractivity contribution in [3.8, 4) is 0 Å². The van der Waals surface area contributed by atoms with Crippen molar-refractivity contribution in [1.29, 1.82) is 0 Å². The first-order valence-corrected chi connectivity index (χ1v) is 10.4. The van der Waals surface area contributed by atoms with Crippen molar-refractivity contribution in [2.45, 2.75) is 63.2 Å². The van der Waals surface area contributed by atoms with E-state index >= 15 is 0 Å². The van der Waals surface area contributed by atoms with Crippen LogP contribution in [0.15, 0.2) is 4.99 Å². The van der Waals surface area contributed by atoms with Crippen molar-refractivity contribution >= 4 is 29.9 Å². The molecule has 5 unspecified atom stereocenters. The molecule has 5 nitrogen and oxygen atoms in total. The van der Waals surface area contributed by atoms with Crippen LogP contribution in [0, 0.1) is 17.8 Å². The standard InChI is InChI=1S/C20H36N4O.HI/c1-21-20(22-11-17(23(2)3)14-7-5-4-6-8-14)24-12-15-16(13-24)19-10-9-18(15)25-19;/h14-19H,4-13H2,1-3H3,(H,21,22);1H. The van der Waals surface area contributed by atoms with Gasteiger partial charge in [-0.3, -0.25) is 4.99 Å². The molecule has 4 aliphatic rings. The summed E-state index contributed by atoms with van der Waals surface area (Å²) in [6, 6.07) is 0.610. The summed E-state index contributed by atoms with van der Waals surface area (Å²) in [6.45, 7) is 3.27. The summed E-state index contributed by atoms with van der Waals surface area (Å²) in [6.07, 6.45) is 10.6. The van der Waals surface area contributed by atoms with E-state index in [0.717, 1.165) is 43.3 Å². The SMILES string of the molecule is CN=C(NCC(C1CCCCC1)N(C)C)N1CC2C3CCC(O3)C2C1.I. The third-order valence-corrected chi connectivity index (χ3v) is 7.29. The van der Waals surface area contributed by atoms with Crippen LogP contribution in [-0.4, -0.2) is 74.8 Å². The second kappa shape index (κ2) is 8.95. The summed E-state index contributed by atoms with van der Waals surface area (Å²) in [7, 11) is 6.41. The van der Waals surface area contributed by atoms with Crippen molar-refractivity contribution in [3.05, 3.63) is 0 Å². The quantitative estimate of drug-likeness (QED) is 0.385. The van der Waals surface area contributed by atoms with Crippen molar-refractivity contribution in [3.63, 3.8) is 0 Å². The molecule has 1 N–H and O–H groups in total. The first-order chi connectivity index (χ1) is 12.2. The molecule has 4 rings (SSSR count). The number of fused-ring (bicyclic) bond motifs is 5. The molecule has 1 aliphatic carbocycles. The number of hydrogen-bond donors (Lipinski definition) is 1. The molecule has 0 aromatic rings. The average Bonchev–Trinajstić information content (AvgIpc) is 3.32. The molecule has 0 aromatic carbocycles. The van der Waals surface area contributed by atoms with E-state index in [1.165, 1.54) is 44.9 Å². The number of halogens is 1. The Morgan fingerprint density at radius 2 is 1.69 bits per heavy atom. The van der Waals surface area contributed by atoms with E-state index in [1.807, 2.05) is 7.05 Å². The van der Waals surface area contributed by atoms with Gasteiger partial charge in [0, 0.05) is 44.6 Å². The summed E-state index contributed by atoms with van der Waals surface area (Å²) in [5, 5.41) is 3.72. The second-order valence-corrected chi connectivity index (χ2v) is 8.88. The van der Waals surface area contributed by atoms with E-state index in [1.54, 1.807) is 0 Å². The lowest BCUT2D eigenvalue weighted by Gasteiger charge is -2.36. The number of likely N-dealkylation sites (N-methyl/N-ethyl adjacent to an activating group) is 1. The molecule has 0 aromatic heterocycles. The molecular formula is C20H37IN4O. The molecule has 150 valence electrons. The lowest BCUT2D eigenvalue weighted by atomic mass is 9.82. The topological polar surface area (TPSA) is 40.1 Å². The Bertz CT molecular complexity index is 476. The number of aliphatic imine (C=N–C) groups is 1. The molecule has 4 fully saturated rings. The van der Waals surface area contributed by atoms with Crippen LogP contribution in [0.25, 0.3) is 0 Å². The fourth-order valence-electron chi connectivity index (χ4n) is 5.95. The Labute approximate surface area is 176 Å². The maximum absolute atomic E-state index is 6.12. The summed E-state index contributed by atoms with van der Waals surface area (Å²) in [5.41, 5.74) is 0. The van der Waals surface area contributed by atoms with Crippen LogP contribution in [0.3, 0.4) is 0 Å². The Hall–Kier alpha value is -0.0800. The minimum atomic E-state index is 0. The third-order valence-electron chi connectivity index (χ3n) is 7.29. The number of likely N-dealkylation sites (tertiary alicyclic amines) is 1. The molecule has 3 aliphatic heterocycles. The second-order valence-electron chi connectivity index (χ2n) is 8.88. The van der Waals surface area contributed by atoms with Crippen LogP contribution < -0.4 is 5.32 Å². The van der Waals surface area contributed by atoms with Gasteiger partial charge in [0.1, 0.15) is 0 Å². The summed E-state index contributed by atoms with van der Waals surface area (Å²) >= 11 is 0. The molecular weight excluding hydrogens is 439 g/mol. The maximum atomic E-state index is 6.12. The highest BCUT2D eigenvalue weighted by molar-refractivity contribution is 14.0. The van der Waals surface area contributed by atoms with E-state index in [4.69, 9.17) is 4.74 Å². The van der Waals surface area contributed by atoms with Gasteiger partial charge in [-0.15, -0.1) is 24.0 Å². The van der Waals surface area contributed by atoms with Crippen LogP contribution in [0.4, 0.5) is 0 Å². The summed E-state index contributed by atoms with van der Waals surface area (Å²) in [5.74, 6) is 3.41. The number of ether oxygens (including phenoxy) is 1. The van der Waals surface area contributed by atoms with E-state index < -0.39 is 0 Å². The molecule has 26 heavy (non-hydrogen) atoms. The van der Waals surface area contributed by atoms with Crippen molar-refractivity contribution in [2.24, 2.45) is 22.7 Å². The van der Waals surface area contributed by atoms with Crippen molar-refractivity contribution in [1.82, 2.24) is 15.1 Å². The predicted octanol–water partition coefficient (Wildman–Crippen LogP) is 2.80. The van der Waals surface area contributed by atoms with Gasteiger partial charge >= 0.3 is 0 Å². The minimum absolute atomic E-state index is 0. The first-order valence-electron chi connectivity index (χ1n) is 10.4. The van der Waals surface area contributed by atoms with E-state index in [9.17, 15) is 0 Å². The van der Waals surface area contributed by atoms with Gasteiger partial charge in [-0.25, -0.2) is 0 Å². The normalized spacial score (nSPS) is 35.5. The van der Waals surface area contributed by atoms with E-state index in [0.29, 0.717) is 18.2 Å². The maximum Gasteiger partial charge on any atom is 0.193 e. The fourth-order valence-corrected chi connectivity index (χ4v) is 5.95. The molecule has 0 spiro atoms. The molecule has 6 heteroatoms.